The Labute approximate surface area is 108 Å². The van der Waals surface area contributed by atoms with E-state index in [9.17, 15) is 17.6 Å². The smallest absolute Gasteiger partial charge is 0.378 e. The van der Waals surface area contributed by atoms with Crippen LogP contribution in [0.15, 0.2) is 18.2 Å². The number of nitrogens with one attached hydrogen (secondary N) is 1. The first-order valence-electron chi connectivity index (χ1n) is 5.17. The van der Waals surface area contributed by atoms with Gasteiger partial charge in [-0.05, 0) is 11.6 Å². The van der Waals surface area contributed by atoms with E-state index in [0.717, 1.165) is 6.07 Å². The minimum Gasteiger partial charge on any atom is -0.378 e. The van der Waals surface area contributed by atoms with Gasteiger partial charge in [0.1, 0.15) is 5.82 Å². The van der Waals surface area contributed by atoms with Gasteiger partial charge in [0, 0.05) is 6.54 Å². The van der Waals surface area contributed by atoms with Crippen LogP contribution in [-0.2, 0) is 10.9 Å². The van der Waals surface area contributed by atoms with Crippen LogP contribution in [0.3, 0.4) is 0 Å². The fourth-order valence-electron chi connectivity index (χ4n) is 1.90. The summed E-state index contributed by atoms with van der Waals surface area (Å²) in [6, 6.07) is 2.75. The molecule has 1 fully saturated rings. The van der Waals surface area contributed by atoms with Crippen LogP contribution in [0.2, 0.25) is 0 Å². The van der Waals surface area contributed by atoms with Gasteiger partial charge in [-0.1, -0.05) is 12.1 Å². The van der Waals surface area contributed by atoms with E-state index in [2.05, 4.69) is 5.32 Å². The second kappa shape index (κ2) is 5.86. The highest BCUT2D eigenvalue weighted by molar-refractivity contribution is 5.85. The summed E-state index contributed by atoms with van der Waals surface area (Å²) in [7, 11) is 0. The fourth-order valence-corrected chi connectivity index (χ4v) is 1.90. The summed E-state index contributed by atoms with van der Waals surface area (Å²) in [4.78, 5) is 0. The van der Waals surface area contributed by atoms with Crippen molar-refractivity contribution in [3.63, 3.8) is 0 Å². The highest BCUT2D eigenvalue weighted by Gasteiger charge is 2.38. The molecule has 0 amide bonds. The van der Waals surface area contributed by atoms with Crippen LogP contribution >= 0.6 is 12.4 Å². The Balaban J connectivity index is 0.00000162. The van der Waals surface area contributed by atoms with Crippen molar-refractivity contribution in [1.29, 1.82) is 0 Å². The van der Waals surface area contributed by atoms with Gasteiger partial charge < -0.3 is 10.1 Å². The van der Waals surface area contributed by atoms with Crippen molar-refractivity contribution in [3.05, 3.63) is 35.1 Å². The maximum atomic E-state index is 13.3. The summed E-state index contributed by atoms with van der Waals surface area (Å²) in [5, 5.41) is 2.88. The highest BCUT2D eigenvalue weighted by atomic mass is 35.5. The fraction of sp³-hybridized carbons (Fsp3) is 0.455. The Morgan fingerprint density at radius 2 is 2.00 bits per heavy atom. The van der Waals surface area contributed by atoms with Gasteiger partial charge in [0.2, 0.25) is 0 Å². The molecule has 1 atom stereocenters. The molecule has 1 N–H and O–H groups in total. The van der Waals surface area contributed by atoms with Crippen molar-refractivity contribution in [3.8, 4) is 0 Å². The number of halogens is 5. The number of morpholine rings is 1. The largest absolute Gasteiger partial charge is 0.419 e. The predicted octanol–water partition coefficient (Wildman–Crippen LogP) is 2.93. The summed E-state index contributed by atoms with van der Waals surface area (Å²) < 4.78 is 56.7. The summed E-state index contributed by atoms with van der Waals surface area (Å²) in [5.74, 6) is -1.25. The normalized spacial score (nSPS) is 20.3. The van der Waals surface area contributed by atoms with E-state index < -0.39 is 23.6 Å². The quantitative estimate of drug-likeness (QED) is 0.801. The number of alkyl halides is 3. The van der Waals surface area contributed by atoms with Crippen molar-refractivity contribution < 1.29 is 22.3 Å². The van der Waals surface area contributed by atoms with E-state index in [4.69, 9.17) is 4.74 Å². The van der Waals surface area contributed by atoms with Crippen LogP contribution in [0.5, 0.6) is 0 Å². The highest BCUT2D eigenvalue weighted by Crippen LogP contribution is 2.36. The third-order valence-electron chi connectivity index (χ3n) is 2.63. The molecule has 7 heteroatoms. The average molecular weight is 286 g/mol. The summed E-state index contributed by atoms with van der Waals surface area (Å²) >= 11 is 0. The molecule has 1 saturated heterocycles. The molecule has 102 valence electrons. The van der Waals surface area contributed by atoms with E-state index in [-0.39, 0.29) is 24.6 Å². The molecule has 0 saturated carbocycles. The molecule has 2 rings (SSSR count). The Bertz CT molecular complexity index is 405. The SMILES string of the molecule is Cl.Fc1cccc([C@H]2COCCN2)c1C(F)(F)F. The lowest BCUT2D eigenvalue weighted by molar-refractivity contribution is -0.141. The Hall–Kier alpha value is -0.850. The van der Waals surface area contributed by atoms with Crippen molar-refractivity contribution >= 4 is 12.4 Å². The first-order valence-corrected chi connectivity index (χ1v) is 5.17. The van der Waals surface area contributed by atoms with Gasteiger partial charge in [0.05, 0.1) is 24.8 Å². The minimum absolute atomic E-state index is 0. The van der Waals surface area contributed by atoms with E-state index in [0.29, 0.717) is 13.2 Å². The van der Waals surface area contributed by atoms with Crippen molar-refractivity contribution in [2.45, 2.75) is 12.2 Å². The first kappa shape index (κ1) is 15.2. The lowest BCUT2D eigenvalue weighted by Gasteiger charge is -2.26. The second-order valence-corrected chi connectivity index (χ2v) is 3.78. The van der Waals surface area contributed by atoms with Gasteiger partial charge in [-0.2, -0.15) is 13.2 Å². The van der Waals surface area contributed by atoms with Crippen molar-refractivity contribution in [1.82, 2.24) is 5.32 Å². The third-order valence-corrected chi connectivity index (χ3v) is 2.63. The number of rotatable bonds is 1. The molecule has 1 aromatic rings. The Kier molecular flexibility index (Phi) is 4.95. The minimum atomic E-state index is -4.69. The molecule has 2 nitrogen and oxygen atoms in total. The zero-order valence-corrected chi connectivity index (χ0v) is 10.1. The van der Waals surface area contributed by atoms with Gasteiger partial charge >= 0.3 is 6.18 Å². The molecule has 0 unspecified atom stereocenters. The zero-order chi connectivity index (χ0) is 12.5. The topological polar surface area (TPSA) is 21.3 Å². The molecular formula is C11H12ClF4NO. The maximum absolute atomic E-state index is 13.3. The molecular weight excluding hydrogens is 274 g/mol. The summed E-state index contributed by atoms with van der Waals surface area (Å²) in [6.07, 6.45) is -4.69. The number of hydrogen-bond acceptors (Lipinski definition) is 2. The van der Waals surface area contributed by atoms with Crippen molar-refractivity contribution in [2.24, 2.45) is 0 Å². The van der Waals surface area contributed by atoms with Crippen LogP contribution in [0.4, 0.5) is 17.6 Å². The zero-order valence-electron chi connectivity index (χ0n) is 9.26. The molecule has 0 radical (unpaired) electrons. The molecule has 18 heavy (non-hydrogen) atoms. The molecule has 1 aliphatic rings. The molecule has 0 spiro atoms. The van der Waals surface area contributed by atoms with Crippen LogP contribution in [0.1, 0.15) is 17.2 Å². The number of benzene rings is 1. The molecule has 1 aromatic carbocycles. The van der Waals surface area contributed by atoms with E-state index in [1.165, 1.54) is 12.1 Å². The predicted molar refractivity (Wildman–Crippen MR) is 60.2 cm³/mol. The Morgan fingerprint density at radius 3 is 2.56 bits per heavy atom. The van der Waals surface area contributed by atoms with E-state index in [1.807, 2.05) is 0 Å². The summed E-state index contributed by atoms with van der Waals surface area (Å²) in [6.45, 7) is 1.03. The van der Waals surface area contributed by atoms with Crippen molar-refractivity contribution in [2.75, 3.05) is 19.8 Å². The van der Waals surface area contributed by atoms with Gasteiger partial charge in [0.15, 0.2) is 0 Å². The molecule has 1 heterocycles. The van der Waals surface area contributed by atoms with Crippen LogP contribution in [-0.4, -0.2) is 19.8 Å². The molecule has 0 aromatic heterocycles. The van der Waals surface area contributed by atoms with Gasteiger partial charge in [0.25, 0.3) is 0 Å². The standard InChI is InChI=1S/C11H11F4NO.ClH/c12-8-3-1-2-7(10(8)11(13,14)15)9-6-17-5-4-16-9;/h1-3,9,16H,4-6H2;1H/t9-;/m1./s1. The number of ether oxygens (including phenoxy) is 1. The molecule has 0 bridgehead atoms. The monoisotopic (exact) mass is 285 g/mol. The van der Waals surface area contributed by atoms with E-state index >= 15 is 0 Å². The molecule has 1 aliphatic heterocycles. The van der Waals surface area contributed by atoms with Crippen LogP contribution in [0.25, 0.3) is 0 Å². The second-order valence-electron chi connectivity index (χ2n) is 3.78. The number of hydrogen-bond donors (Lipinski definition) is 1. The average Bonchev–Trinajstić information content (AvgIpc) is 2.28. The lowest BCUT2D eigenvalue weighted by atomic mass is 9.99. The van der Waals surface area contributed by atoms with E-state index in [1.54, 1.807) is 0 Å². The third kappa shape index (κ3) is 3.13. The van der Waals surface area contributed by atoms with Crippen LogP contribution in [0, 0.1) is 5.82 Å². The molecule has 0 aliphatic carbocycles. The lowest BCUT2D eigenvalue weighted by Crippen LogP contribution is -2.36. The summed E-state index contributed by atoms with van der Waals surface area (Å²) in [5.41, 5.74) is -1.31. The Morgan fingerprint density at radius 1 is 1.28 bits per heavy atom. The van der Waals surface area contributed by atoms with Gasteiger partial charge in [-0.25, -0.2) is 4.39 Å². The van der Waals surface area contributed by atoms with Crippen LogP contribution < -0.4 is 5.32 Å². The first-order chi connectivity index (χ1) is 8.00. The maximum Gasteiger partial charge on any atom is 0.419 e. The van der Waals surface area contributed by atoms with Gasteiger partial charge in [-0.3, -0.25) is 0 Å². The van der Waals surface area contributed by atoms with Gasteiger partial charge in [-0.15, -0.1) is 12.4 Å².